The molecule has 1 aromatic heterocycles. The number of aryl methyl sites for hydroxylation is 1. The molecule has 44 heavy (non-hydrogen) atoms. The minimum atomic E-state index is -5.09. The van der Waals surface area contributed by atoms with Gasteiger partial charge in [-0.15, -0.1) is 11.7 Å². The van der Waals surface area contributed by atoms with E-state index in [0.29, 0.717) is 17.7 Å². The maximum absolute atomic E-state index is 13.9. The number of hydrogen-bond donors (Lipinski definition) is 0. The van der Waals surface area contributed by atoms with E-state index in [1.807, 2.05) is 0 Å². The number of rotatable bonds is 10. The molecule has 4 rings (SSSR count). The summed E-state index contributed by atoms with van der Waals surface area (Å²) in [5.74, 6) is -0.233. The van der Waals surface area contributed by atoms with Crippen LogP contribution in [0.5, 0.6) is 0 Å². The van der Waals surface area contributed by atoms with Crippen LogP contribution in [0.4, 0.5) is 45.5 Å². The number of hydrogen-bond acceptors (Lipinski definition) is 5. The maximum atomic E-state index is 13.9. The van der Waals surface area contributed by atoms with Crippen LogP contribution >= 0.6 is 0 Å². The molecule has 1 unspecified atom stereocenters. The first-order chi connectivity index (χ1) is 20.6. The smallest absolute Gasteiger partial charge is 0.369 e. The molecule has 0 amide bonds. The SMILES string of the molecule is C=CCOC(c1ccc(C(F)(F)F)cc1CN(Cc1cc(C(F)(F)F)cc(C(F)(F)F)c1)c1nnn(C)n1)C1CCCCC1. The topological polar surface area (TPSA) is 56.1 Å². The van der Waals surface area contributed by atoms with Crippen LogP contribution in [0.1, 0.15) is 71.6 Å². The fourth-order valence-electron chi connectivity index (χ4n) is 5.42. The summed E-state index contributed by atoms with van der Waals surface area (Å²) in [7, 11) is 1.39. The van der Waals surface area contributed by atoms with Crippen molar-refractivity contribution in [3.63, 3.8) is 0 Å². The molecule has 3 aromatic rings. The fraction of sp³-hybridized carbons (Fsp3) is 0.483. The number of benzene rings is 2. The Kier molecular flexibility index (Phi) is 9.96. The molecule has 240 valence electrons. The normalized spacial score (nSPS) is 15.8. The van der Waals surface area contributed by atoms with Crippen LogP contribution in [0.15, 0.2) is 49.1 Å². The highest BCUT2D eigenvalue weighted by molar-refractivity contribution is 5.42. The Balaban J connectivity index is 1.83. The number of alkyl halides is 9. The van der Waals surface area contributed by atoms with Crippen LogP contribution in [-0.4, -0.2) is 26.8 Å². The Morgan fingerprint density at radius 3 is 2.02 bits per heavy atom. The third-order valence-electron chi connectivity index (χ3n) is 7.41. The van der Waals surface area contributed by atoms with Gasteiger partial charge in [-0.1, -0.05) is 36.5 Å². The van der Waals surface area contributed by atoms with Crippen molar-refractivity contribution < 1.29 is 44.3 Å². The van der Waals surface area contributed by atoms with Crippen LogP contribution in [-0.2, 0) is 43.4 Å². The van der Waals surface area contributed by atoms with Gasteiger partial charge in [0, 0.05) is 13.1 Å². The van der Waals surface area contributed by atoms with Gasteiger partial charge < -0.3 is 9.64 Å². The van der Waals surface area contributed by atoms with Gasteiger partial charge in [-0.05, 0) is 71.0 Å². The van der Waals surface area contributed by atoms with Gasteiger partial charge in [0.05, 0.1) is 36.4 Å². The van der Waals surface area contributed by atoms with Crippen molar-refractivity contribution in [2.45, 2.75) is 69.8 Å². The summed E-state index contributed by atoms with van der Waals surface area (Å²) in [6, 6.07) is 4.28. The maximum Gasteiger partial charge on any atom is 0.416 e. The number of tetrazole rings is 1. The third-order valence-corrected chi connectivity index (χ3v) is 7.41. The van der Waals surface area contributed by atoms with Crippen molar-refractivity contribution in [1.29, 1.82) is 0 Å². The minimum Gasteiger partial charge on any atom is -0.369 e. The van der Waals surface area contributed by atoms with E-state index in [9.17, 15) is 39.5 Å². The van der Waals surface area contributed by atoms with Crippen molar-refractivity contribution in [3.8, 4) is 0 Å². The second kappa shape index (κ2) is 13.2. The first-order valence-electron chi connectivity index (χ1n) is 13.8. The van der Waals surface area contributed by atoms with E-state index >= 15 is 0 Å². The van der Waals surface area contributed by atoms with Gasteiger partial charge in [-0.3, -0.25) is 0 Å². The first kappa shape index (κ1) is 33.3. The van der Waals surface area contributed by atoms with Crippen LogP contribution in [0.25, 0.3) is 0 Å². The molecule has 1 fully saturated rings. The van der Waals surface area contributed by atoms with Crippen LogP contribution in [0, 0.1) is 5.92 Å². The average molecular weight is 636 g/mol. The third kappa shape index (κ3) is 8.30. The highest BCUT2D eigenvalue weighted by atomic mass is 19.4. The molecule has 0 spiro atoms. The molecule has 1 saturated carbocycles. The molecule has 6 nitrogen and oxygen atoms in total. The molecule has 0 bridgehead atoms. The summed E-state index contributed by atoms with van der Waals surface area (Å²) in [6.07, 6.45) is -9.67. The van der Waals surface area contributed by atoms with E-state index in [4.69, 9.17) is 4.74 Å². The number of nitrogens with zero attached hydrogens (tertiary/aromatic N) is 5. The lowest BCUT2D eigenvalue weighted by atomic mass is 9.81. The lowest BCUT2D eigenvalue weighted by molar-refractivity contribution is -0.143. The van der Waals surface area contributed by atoms with E-state index in [2.05, 4.69) is 22.0 Å². The van der Waals surface area contributed by atoms with Crippen LogP contribution < -0.4 is 4.90 Å². The standard InChI is InChI=1S/C29H30F9N5O/c1-3-11-44-25(19-7-5-4-6-8-19)24-10-9-21(27(30,31)32)14-20(24)17-43(26-39-41-42(2)40-26)16-18-12-22(28(33,34)35)15-23(13-18)29(36,37)38/h3,9-10,12-15,19,25H,1,4-8,11,16-17H2,2H3. The van der Waals surface area contributed by atoms with Crippen molar-refractivity contribution >= 4 is 5.95 Å². The van der Waals surface area contributed by atoms with Gasteiger partial charge in [-0.25, -0.2) is 0 Å². The first-order valence-corrected chi connectivity index (χ1v) is 13.8. The van der Waals surface area contributed by atoms with E-state index < -0.39 is 60.0 Å². The average Bonchev–Trinajstić information content (AvgIpc) is 3.38. The second-order valence-electron chi connectivity index (χ2n) is 10.7. The van der Waals surface area contributed by atoms with E-state index in [1.54, 1.807) is 0 Å². The van der Waals surface area contributed by atoms with Crippen molar-refractivity contribution in [3.05, 3.63) is 82.4 Å². The molecule has 1 aliphatic rings. The fourth-order valence-corrected chi connectivity index (χ4v) is 5.42. The zero-order valence-electron chi connectivity index (χ0n) is 23.6. The second-order valence-corrected chi connectivity index (χ2v) is 10.7. The minimum absolute atomic E-state index is 0.00500. The number of anilines is 1. The van der Waals surface area contributed by atoms with Gasteiger partial charge in [0.2, 0.25) is 0 Å². The molecule has 0 saturated heterocycles. The Labute approximate surface area is 247 Å². The molecule has 1 heterocycles. The molecular weight excluding hydrogens is 605 g/mol. The van der Waals surface area contributed by atoms with Gasteiger partial charge in [-0.2, -0.15) is 44.3 Å². The Bertz CT molecular complexity index is 1390. The largest absolute Gasteiger partial charge is 0.416 e. The van der Waals surface area contributed by atoms with Gasteiger partial charge in [0.15, 0.2) is 0 Å². The van der Waals surface area contributed by atoms with E-state index in [-0.39, 0.29) is 30.1 Å². The highest BCUT2D eigenvalue weighted by Gasteiger charge is 2.38. The molecule has 15 heteroatoms. The number of halogens is 9. The zero-order valence-corrected chi connectivity index (χ0v) is 23.6. The number of ether oxygens (including phenoxy) is 1. The Morgan fingerprint density at radius 2 is 1.50 bits per heavy atom. The van der Waals surface area contributed by atoms with Crippen LogP contribution in [0.2, 0.25) is 0 Å². The molecular formula is C29H30F9N5O. The lowest BCUT2D eigenvalue weighted by Gasteiger charge is -2.33. The molecule has 2 aromatic carbocycles. The van der Waals surface area contributed by atoms with Gasteiger partial charge in [0.25, 0.3) is 5.95 Å². The van der Waals surface area contributed by atoms with Gasteiger partial charge in [0.1, 0.15) is 0 Å². The van der Waals surface area contributed by atoms with Crippen molar-refractivity contribution in [1.82, 2.24) is 20.2 Å². The lowest BCUT2D eigenvalue weighted by Crippen LogP contribution is -2.27. The quantitative estimate of drug-likeness (QED) is 0.166. The summed E-state index contributed by atoms with van der Waals surface area (Å²) in [5.41, 5.74) is -3.91. The zero-order chi connectivity index (χ0) is 32.3. The monoisotopic (exact) mass is 635 g/mol. The van der Waals surface area contributed by atoms with E-state index in [1.165, 1.54) is 24.1 Å². The van der Waals surface area contributed by atoms with Gasteiger partial charge >= 0.3 is 18.5 Å². The predicted molar refractivity (Wildman–Crippen MR) is 142 cm³/mol. The summed E-state index contributed by atoms with van der Waals surface area (Å²) < 4.78 is 129. The summed E-state index contributed by atoms with van der Waals surface area (Å²) in [4.78, 5) is 2.20. The molecule has 1 atom stereocenters. The van der Waals surface area contributed by atoms with E-state index in [0.717, 1.165) is 49.0 Å². The van der Waals surface area contributed by atoms with Crippen LogP contribution in [0.3, 0.4) is 0 Å². The Hall–Kier alpha value is -3.62. The summed E-state index contributed by atoms with van der Waals surface area (Å²) >= 11 is 0. The highest BCUT2D eigenvalue weighted by Crippen LogP contribution is 2.41. The van der Waals surface area contributed by atoms with Crippen molar-refractivity contribution in [2.24, 2.45) is 13.0 Å². The van der Waals surface area contributed by atoms with Crippen molar-refractivity contribution in [2.75, 3.05) is 11.5 Å². The molecule has 0 N–H and O–H groups in total. The molecule has 1 aliphatic carbocycles. The summed E-state index contributed by atoms with van der Waals surface area (Å²) in [6.45, 7) is 2.77. The molecule has 0 radical (unpaired) electrons. The summed E-state index contributed by atoms with van der Waals surface area (Å²) in [5, 5.41) is 11.6. The molecule has 0 aliphatic heterocycles. The number of aromatic nitrogens is 4. The predicted octanol–water partition coefficient (Wildman–Crippen LogP) is 8.30. The Morgan fingerprint density at radius 1 is 0.886 bits per heavy atom.